The first-order valence-electron chi connectivity index (χ1n) is 13.9. The van der Waals surface area contributed by atoms with Gasteiger partial charge in [-0.1, -0.05) is 52.0 Å². The van der Waals surface area contributed by atoms with Gasteiger partial charge in [-0.3, -0.25) is 14.4 Å². The van der Waals surface area contributed by atoms with Gasteiger partial charge in [-0.15, -0.1) is 0 Å². The smallest absolute Gasteiger partial charge is 0.306 e. The van der Waals surface area contributed by atoms with Gasteiger partial charge < -0.3 is 14.9 Å². The lowest BCUT2D eigenvalue weighted by molar-refractivity contribution is -0.184. The van der Waals surface area contributed by atoms with Crippen molar-refractivity contribution >= 4 is 17.5 Å². The van der Waals surface area contributed by atoms with E-state index < -0.39 is 29.5 Å². The number of carbonyl (C=O) groups is 3. The van der Waals surface area contributed by atoms with Crippen LogP contribution in [0.15, 0.2) is 11.6 Å². The van der Waals surface area contributed by atoms with Gasteiger partial charge >= 0.3 is 5.97 Å². The lowest BCUT2D eigenvalue weighted by atomic mass is 9.45. The lowest BCUT2D eigenvalue weighted by Gasteiger charge is -2.60. The van der Waals surface area contributed by atoms with Gasteiger partial charge in [0.15, 0.2) is 12.4 Å². The van der Waals surface area contributed by atoms with Gasteiger partial charge in [0.25, 0.3) is 0 Å². The molecule has 0 aliphatic heterocycles. The molecule has 0 amide bonds. The zero-order valence-corrected chi connectivity index (χ0v) is 21.8. The molecule has 0 unspecified atom stereocenters. The molecule has 0 spiro atoms. The van der Waals surface area contributed by atoms with Gasteiger partial charge in [0.05, 0.1) is 6.10 Å². The minimum atomic E-state index is -1.59. The molecule has 0 aromatic heterocycles. The Morgan fingerprint density at radius 2 is 1.83 bits per heavy atom. The standard InChI is InChI=1S/C29H44O6/c1-4-5-6-7-8-9-25(33)35-18-24(32)29(34)15-13-22-21-11-10-19-16-20(30)12-14-27(19,2)26(21)23(31)17-28(22,29)3/h16,21-23,26,31,34H,4-15,17-18H2,1-3H3/t21-,22+,23+,26+,27-,28-,29-/m0/s1. The number of fused-ring (bicyclic) bond motifs is 5. The van der Waals surface area contributed by atoms with Gasteiger partial charge in [0.1, 0.15) is 5.60 Å². The SMILES string of the molecule is CCCCCCCC(=O)OCC(=O)[C@@]1(O)CC[C@@H]2[C@@H]3CCC4=CC(=O)CC[C@]4(C)[C@H]3[C@H](O)C[C@@]21C. The molecule has 0 aromatic carbocycles. The van der Waals surface area contributed by atoms with Gasteiger partial charge in [-0.2, -0.15) is 0 Å². The number of unbranched alkanes of at least 4 members (excludes halogenated alkanes) is 4. The first-order valence-corrected chi connectivity index (χ1v) is 13.9. The van der Waals surface area contributed by atoms with E-state index >= 15 is 0 Å². The molecule has 0 heterocycles. The van der Waals surface area contributed by atoms with Gasteiger partial charge in [0.2, 0.25) is 5.78 Å². The largest absolute Gasteiger partial charge is 0.458 e. The topological polar surface area (TPSA) is 101 Å². The van der Waals surface area contributed by atoms with E-state index in [0.29, 0.717) is 25.7 Å². The molecule has 2 N–H and O–H groups in total. The summed E-state index contributed by atoms with van der Waals surface area (Å²) in [6, 6.07) is 0. The molecule has 0 aromatic rings. The van der Waals surface area contributed by atoms with Crippen LogP contribution in [0.2, 0.25) is 0 Å². The van der Waals surface area contributed by atoms with Crippen LogP contribution < -0.4 is 0 Å². The summed E-state index contributed by atoms with van der Waals surface area (Å²) in [6.07, 6.45) is 11.0. The number of rotatable bonds is 9. The van der Waals surface area contributed by atoms with Crippen molar-refractivity contribution in [1.29, 1.82) is 0 Å². The molecule has 4 rings (SSSR count). The fourth-order valence-corrected chi connectivity index (χ4v) is 8.36. The number of hydrogen-bond donors (Lipinski definition) is 2. The van der Waals surface area contributed by atoms with Crippen LogP contribution in [0.3, 0.4) is 0 Å². The van der Waals surface area contributed by atoms with Crippen LogP contribution >= 0.6 is 0 Å². The Morgan fingerprint density at radius 3 is 2.57 bits per heavy atom. The third-order valence-electron chi connectivity index (χ3n) is 10.4. The fourth-order valence-electron chi connectivity index (χ4n) is 8.36. The van der Waals surface area contributed by atoms with Crippen molar-refractivity contribution in [2.45, 2.75) is 116 Å². The van der Waals surface area contributed by atoms with Crippen molar-refractivity contribution in [3.05, 3.63) is 11.6 Å². The number of ketones is 2. The fraction of sp³-hybridized carbons (Fsp3) is 0.828. The summed E-state index contributed by atoms with van der Waals surface area (Å²) in [5.41, 5.74) is -1.37. The van der Waals surface area contributed by atoms with Crippen LogP contribution in [0.4, 0.5) is 0 Å². The van der Waals surface area contributed by atoms with Gasteiger partial charge in [0, 0.05) is 18.3 Å². The number of allylic oxidation sites excluding steroid dienone is 1. The highest BCUT2D eigenvalue weighted by Gasteiger charge is 2.68. The molecule has 6 heteroatoms. The molecule has 35 heavy (non-hydrogen) atoms. The molecular weight excluding hydrogens is 444 g/mol. The predicted octanol–water partition coefficient (Wildman–Crippen LogP) is 4.69. The van der Waals surface area contributed by atoms with E-state index in [1.54, 1.807) is 0 Å². The summed E-state index contributed by atoms with van der Waals surface area (Å²) in [6.45, 7) is 5.90. The molecule has 0 saturated heterocycles. The minimum absolute atomic E-state index is 0.0386. The second-order valence-electron chi connectivity index (χ2n) is 12.2. The minimum Gasteiger partial charge on any atom is -0.458 e. The second-order valence-corrected chi connectivity index (χ2v) is 12.2. The highest BCUT2D eigenvalue weighted by Crippen LogP contribution is 2.67. The van der Waals surface area contributed by atoms with E-state index in [2.05, 4.69) is 13.8 Å². The van der Waals surface area contributed by atoms with Crippen molar-refractivity contribution in [2.75, 3.05) is 6.61 Å². The van der Waals surface area contributed by atoms with Crippen LogP contribution in [-0.4, -0.2) is 46.1 Å². The van der Waals surface area contributed by atoms with Crippen molar-refractivity contribution in [2.24, 2.45) is 28.6 Å². The molecule has 7 atom stereocenters. The van der Waals surface area contributed by atoms with E-state index in [4.69, 9.17) is 4.74 Å². The van der Waals surface area contributed by atoms with E-state index in [1.165, 1.54) is 5.57 Å². The summed E-state index contributed by atoms with van der Waals surface area (Å²) in [5, 5.41) is 23.2. The van der Waals surface area contributed by atoms with E-state index in [-0.39, 0.29) is 34.9 Å². The van der Waals surface area contributed by atoms with Crippen LogP contribution in [0.25, 0.3) is 0 Å². The zero-order valence-electron chi connectivity index (χ0n) is 21.8. The van der Waals surface area contributed by atoms with E-state index in [0.717, 1.165) is 57.8 Å². The van der Waals surface area contributed by atoms with Crippen molar-refractivity contribution < 1.29 is 29.3 Å². The molecule has 4 aliphatic carbocycles. The third kappa shape index (κ3) is 4.54. The van der Waals surface area contributed by atoms with Gasteiger partial charge in [-0.25, -0.2) is 0 Å². The highest BCUT2D eigenvalue weighted by atomic mass is 16.5. The van der Waals surface area contributed by atoms with Gasteiger partial charge in [-0.05, 0) is 74.2 Å². The summed E-state index contributed by atoms with van der Waals surface area (Å²) in [4.78, 5) is 37.5. The molecule has 0 bridgehead atoms. The number of esters is 1. The maximum atomic E-state index is 13.3. The number of Topliss-reactive ketones (excluding diaryl/α,β-unsaturated/α-hetero) is 1. The summed E-state index contributed by atoms with van der Waals surface area (Å²) in [7, 11) is 0. The number of aliphatic hydroxyl groups is 2. The average Bonchev–Trinajstić information content (AvgIpc) is 3.08. The van der Waals surface area contributed by atoms with Crippen LogP contribution in [0.1, 0.15) is 104 Å². The van der Waals surface area contributed by atoms with Crippen molar-refractivity contribution in [3.63, 3.8) is 0 Å². The third-order valence-corrected chi connectivity index (χ3v) is 10.4. The molecular formula is C29H44O6. The number of aliphatic hydroxyl groups excluding tert-OH is 1. The van der Waals surface area contributed by atoms with Crippen LogP contribution in [-0.2, 0) is 19.1 Å². The summed E-state index contributed by atoms with van der Waals surface area (Å²) < 4.78 is 5.29. The Morgan fingerprint density at radius 1 is 1.09 bits per heavy atom. The molecule has 6 nitrogen and oxygen atoms in total. The predicted molar refractivity (Wildman–Crippen MR) is 132 cm³/mol. The lowest BCUT2D eigenvalue weighted by Crippen LogP contribution is -2.62. The zero-order chi connectivity index (χ0) is 25.4. The van der Waals surface area contributed by atoms with Crippen LogP contribution in [0, 0.1) is 28.6 Å². The second kappa shape index (κ2) is 10.1. The average molecular weight is 489 g/mol. The number of hydrogen-bond acceptors (Lipinski definition) is 6. The normalized spacial score (nSPS) is 40.4. The maximum Gasteiger partial charge on any atom is 0.306 e. The quantitative estimate of drug-likeness (QED) is 0.361. The van der Waals surface area contributed by atoms with E-state index in [9.17, 15) is 24.6 Å². The monoisotopic (exact) mass is 488 g/mol. The van der Waals surface area contributed by atoms with Crippen LogP contribution in [0.5, 0.6) is 0 Å². The van der Waals surface area contributed by atoms with E-state index in [1.807, 2.05) is 13.0 Å². The number of carbonyl (C=O) groups excluding carboxylic acids is 3. The molecule has 196 valence electrons. The first-order chi connectivity index (χ1) is 16.6. The molecule has 4 aliphatic rings. The Labute approximate surface area is 209 Å². The summed E-state index contributed by atoms with van der Waals surface area (Å²) in [5.74, 6) is -0.271. The highest BCUT2D eigenvalue weighted by molar-refractivity contribution is 5.92. The summed E-state index contributed by atoms with van der Waals surface area (Å²) >= 11 is 0. The first kappa shape index (κ1) is 26.5. The number of ether oxygens (including phenoxy) is 1. The van der Waals surface area contributed by atoms with Crippen molar-refractivity contribution in [1.82, 2.24) is 0 Å². The Kier molecular flexibility index (Phi) is 7.64. The molecule has 3 saturated carbocycles. The molecule has 3 fully saturated rings. The maximum absolute atomic E-state index is 13.3. The Balaban J connectivity index is 1.43. The molecule has 0 radical (unpaired) electrons. The Bertz CT molecular complexity index is 878. The van der Waals surface area contributed by atoms with Crippen molar-refractivity contribution in [3.8, 4) is 0 Å². The Hall–Kier alpha value is -1.53.